The minimum Gasteiger partial charge on any atom is -0.368 e. The van der Waals surface area contributed by atoms with Crippen LogP contribution in [0.15, 0.2) is 42.7 Å². The van der Waals surface area contributed by atoms with Gasteiger partial charge in [0.15, 0.2) is 5.82 Å². The van der Waals surface area contributed by atoms with E-state index in [1.165, 1.54) is 0 Å². The molecule has 1 aliphatic rings. The van der Waals surface area contributed by atoms with Gasteiger partial charge in [0.25, 0.3) is 5.91 Å². The van der Waals surface area contributed by atoms with Crippen molar-refractivity contribution < 1.29 is 9.53 Å². The summed E-state index contributed by atoms with van der Waals surface area (Å²) in [6, 6.07) is 9.72. The molecule has 0 radical (unpaired) electrons. The number of amides is 1. The van der Waals surface area contributed by atoms with Crippen LogP contribution in [0.5, 0.6) is 0 Å². The lowest BCUT2D eigenvalue weighted by atomic mass is 9.91. The predicted octanol–water partition coefficient (Wildman–Crippen LogP) is 1.85. The van der Waals surface area contributed by atoms with Crippen molar-refractivity contribution in [1.82, 2.24) is 15.3 Å². The summed E-state index contributed by atoms with van der Waals surface area (Å²) in [7, 11) is 1.58. The molecule has 23 heavy (non-hydrogen) atoms. The van der Waals surface area contributed by atoms with Crippen molar-refractivity contribution in [2.75, 3.05) is 25.5 Å². The van der Waals surface area contributed by atoms with Gasteiger partial charge in [-0.05, 0) is 25.9 Å². The highest BCUT2D eigenvalue weighted by molar-refractivity contribution is 5.97. The minimum absolute atomic E-state index is 0.141. The molecule has 1 aromatic heterocycles. The molecular weight excluding hydrogens is 292 g/mol. The topological polar surface area (TPSA) is 76.1 Å². The van der Waals surface area contributed by atoms with E-state index in [0.29, 0.717) is 24.4 Å². The fourth-order valence-corrected chi connectivity index (χ4v) is 2.73. The predicted molar refractivity (Wildman–Crippen MR) is 87.9 cm³/mol. The zero-order valence-corrected chi connectivity index (χ0v) is 13.1. The molecule has 2 N–H and O–H groups in total. The maximum atomic E-state index is 12.6. The molecule has 0 unspecified atom stereocenters. The van der Waals surface area contributed by atoms with E-state index in [0.717, 1.165) is 18.7 Å². The van der Waals surface area contributed by atoms with E-state index in [1.54, 1.807) is 19.5 Å². The molecule has 1 aromatic carbocycles. The smallest absolute Gasteiger partial charge is 0.256 e. The van der Waals surface area contributed by atoms with E-state index in [9.17, 15) is 4.79 Å². The first kappa shape index (κ1) is 15.6. The summed E-state index contributed by atoms with van der Waals surface area (Å²) in [5.74, 6) is 0.490. The van der Waals surface area contributed by atoms with E-state index in [2.05, 4.69) is 20.6 Å². The Morgan fingerprint density at radius 3 is 2.43 bits per heavy atom. The monoisotopic (exact) mass is 312 g/mol. The molecule has 0 spiro atoms. The van der Waals surface area contributed by atoms with Crippen LogP contribution < -0.4 is 10.6 Å². The molecular formula is C17H20N4O2. The fraction of sp³-hybridized carbons (Fsp3) is 0.353. The summed E-state index contributed by atoms with van der Waals surface area (Å²) in [4.78, 5) is 21.2. The summed E-state index contributed by atoms with van der Waals surface area (Å²) in [5.41, 5.74) is 0.741. The van der Waals surface area contributed by atoms with Crippen LogP contribution in [-0.4, -0.2) is 41.7 Å². The number of piperidine rings is 1. The molecule has 0 atom stereocenters. The lowest BCUT2D eigenvalue weighted by Gasteiger charge is -2.34. The second-order valence-corrected chi connectivity index (χ2v) is 5.56. The average molecular weight is 312 g/mol. The van der Waals surface area contributed by atoms with Gasteiger partial charge in [-0.15, -0.1) is 0 Å². The number of benzene rings is 1. The number of anilines is 1. The van der Waals surface area contributed by atoms with Crippen molar-refractivity contribution in [1.29, 1.82) is 0 Å². The maximum Gasteiger partial charge on any atom is 0.256 e. The van der Waals surface area contributed by atoms with Crippen LogP contribution in [0.1, 0.15) is 12.8 Å². The zero-order chi connectivity index (χ0) is 16.1. The third-order valence-electron chi connectivity index (χ3n) is 4.16. The number of hydrogen-bond acceptors (Lipinski definition) is 5. The first-order chi connectivity index (χ1) is 11.2. The third kappa shape index (κ3) is 3.38. The Bertz CT molecular complexity index is 652. The fourth-order valence-electron chi connectivity index (χ4n) is 2.73. The van der Waals surface area contributed by atoms with E-state index in [-0.39, 0.29) is 5.91 Å². The number of aromatic nitrogens is 2. The van der Waals surface area contributed by atoms with Crippen molar-refractivity contribution in [3.8, 4) is 11.4 Å². The first-order valence-corrected chi connectivity index (χ1v) is 7.68. The van der Waals surface area contributed by atoms with Gasteiger partial charge in [-0.3, -0.25) is 4.79 Å². The molecule has 1 amide bonds. The Hall–Kier alpha value is -2.31. The molecule has 6 heteroatoms. The Balaban J connectivity index is 1.72. The van der Waals surface area contributed by atoms with Crippen LogP contribution in [0.2, 0.25) is 0 Å². The largest absolute Gasteiger partial charge is 0.368 e. The molecule has 0 bridgehead atoms. The van der Waals surface area contributed by atoms with Crippen LogP contribution >= 0.6 is 0 Å². The minimum atomic E-state index is -0.774. The van der Waals surface area contributed by atoms with Crippen molar-refractivity contribution in [2.45, 2.75) is 18.4 Å². The first-order valence-electron chi connectivity index (χ1n) is 7.68. The molecule has 3 rings (SSSR count). The van der Waals surface area contributed by atoms with Gasteiger partial charge < -0.3 is 15.4 Å². The number of carbonyl (C=O) groups is 1. The summed E-state index contributed by atoms with van der Waals surface area (Å²) in [6.45, 7) is 1.54. The van der Waals surface area contributed by atoms with Gasteiger partial charge in [0.1, 0.15) is 5.60 Å². The van der Waals surface area contributed by atoms with E-state index < -0.39 is 5.60 Å². The quantitative estimate of drug-likeness (QED) is 0.901. The van der Waals surface area contributed by atoms with Crippen molar-refractivity contribution in [2.24, 2.45) is 0 Å². The number of carbonyl (C=O) groups excluding carboxylic acids is 1. The van der Waals surface area contributed by atoms with Crippen LogP contribution in [-0.2, 0) is 9.53 Å². The highest BCUT2D eigenvalue weighted by Crippen LogP contribution is 2.24. The maximum absolute atomic E-state index is 12.6. The van der Waals surface area contributed by atoms with Gasteiger partial charge in [0.05, 0.1) is 18.1 Å². The number of ether oxygens (including phenoxy) is 1. The zero-order valence-electron chi connectivity index (χ0n) is 13.1. The lowest BCUT2D eigenvalue weighted by molar-refractivity contribution is -0.140. The molecule has 1 aliphatic heterocycles. The molecule has 1 saturated heterocycles. The second-order valence-electron chi connectivity index (χ2n) is 5.56. The standard InChI is InChI=1S/C17H20N4O2/c1-23-17(7-9-18-10-8-17)16(22)21-14-11-19-15(20-12-14)13-5-3-2-4-6-13/h2-6,11-12,18H,7-10H2,1H3,(H,21,22). The number of hydrogen-bond donors (Lipinski definition) is 2. The lowest BCUT2D eigenvalue weighted by Crippen LogP contribution is -2.51. The van der Waals surface area contributed by atoms with Gasteiger partial charge in [-0.2, -0.15) is 0 Å². The van der Waals surface area contributed by atoms with Crippen molar-refractivity contribution in [3.63, 3.8) is 0 Å². The van der Waals surface area contributed by atoms with E-state index >= 15 is 0 Å². The SMILES string of the molecule is COC1(C(=O)Nc2cnc(-c3ccccc3)nc2)CCNCC1. The summed E-state index contributed by atoms with van der Waals surface area (Å²) >= 11 is 0. The van der Waals surface area contributed by atoms with Gasteiger partial charge in [-0.1, -0.05) is 30.3 Å². The average Bonchev–Trinajstić information content (AvgIpc) is 2.63. The van der Waals surface area contributed by atoms with Gasteiger partial charge >= 0.3 is 0 Å². The van der Waals surface area contributed by atoms with Gasteiger partial charge in [0, 0.05) is 12.7 Å². The molecule has 1 fully saturated rings. The number of rotatable bonds is 4. The van der Waals surface area contributed by atoms with E-state index in [4.69, 9.17) is 4.74 Å². The van der Waals surface area contributed by atoms with Crippen LogP contribution in [0, 0.1) is 0 Å². The summed E-state index contributed by atoms with van der Waals surface area (Å²) in [5, 5.41) is 6.10. The highest BCUT2D eigenvalue weighted by atomic mass is 16.5. The molecule has 120 valence electrons. The van der Waals surface area contributed by atoms with Crippen LogP contribution in [0.4, 0.5) is 5.69 Å². The van der Waals surface area contributed by atoms with Crippen LogP contribution in [0.3, 0.4) is 0 Å². The normalized spacial score (nSPS) is 16.7. The molecule has 0 aliphatic carbocycles. The Morgan fingerprint density at radius 2 is 1.83 bits per heavy atom. The summed E-state index contributed by atoms with van der Waals surface area (Å²) in [6.07, 6.45) is 4.55. The Kier molecular flexibility index (Phi) is 4.64. The molecule has 2 heterocycles. The molecule has 0 saturated carbocycles. The van der Waals surface area contributed by atoms with Gasteiger partial charge in [-0.25, -0.2) is 9.97 Å². The number of nitrogens with one attached hydrogen (secondary N) is 2. The van der Waals surface area contributed by atoms with Crippen LogP contribution in [0.25, 0.3) is 11.4 Å². The Morgan fingerprint density at radius 1 is 1.17 bits per heavy atom. The highest BCUT2D eigenvalue weighted by Gasteiger charge is 2.39. The summed E-state index contributed by atoms with van der Waals surface area (Å²) < 4.78 is 5.51. The second kappa shape index (κ2) is 6.85. The van der Waals surface area contributed by atoms with E-state index in [1.807, 2.05) is 30.3 Å². The van der Waals surface area contributed by atoms with Gasteiger partial charge in [0.2, 0.25) is 0 Å². The van der Waals surface area contributed by atoms with Crippen molar-refractivity contribution >= 4 is 11.6 Å². The third-order valence-corrected chi connectivity index (χ3v) is 4.16. The molecule has 2 aromatic rings. The number of nitrogens with zero attached hydrogens (tertiary/aromatic N) is 2. The molecule has 6 nitrogen and oxygen atoms in total. The number of methoxy groups -OCH3 is 1. The Labute approximate surface area is 135 Å². The van der Waals surface area contributed by atoms with Crippen molar-refractivity contribution in [3.05, 3.63) is 42.7 Å².